The van der Waals surface area contributed by atoms with Crippen LogP contribution in [0.5, 0.6) is 5.75 Å². The second-order valence-electron chi connectivity index (χ2n) is 7.26. The highest BCUT2D eigenvalue weighted by atomic mass is 16.5. The first-order valence-electron chi connectivity index (χ1n) is 8.99. The second-order valence-corrected chi connectivity index (χ2v) is 7.26. The first-order chi connectivity index (χ1) is 11.3. The van der Waals surface area contributed by atoms with E-state index in [0.29, 0.717) is 0 Å². The van der Waals surface area contributed by atoms with Gasteiger partial charge in [-0.05, 0) is 43.2 Å². The highest BCUT2D eigenvalue weighted by Gasteiger charge is 2.42. The van der Waals surface area contributed by atoms with Crippen molar-refractivity contribution < 1.29 is 9.53 Å². The number of nitrogens with zero attached hydrogens (tertiary/aromatic N) is 2. The highest BCUT2D eigenvalue weighted by Crippen LogP contribution is 2.46. The zero-order chi connectivity index (χ0) is 15.6. The average Bonchev–Trinajstić information content (AvgIpc) is 3.24. The van der Waals surface area contributed by atoms with E-state index in [-0.39, 0.29) is 12.5 Å². The van der Waals surface area contributed by atoms with Gasteiger partial charge in [0.25, 0.3) is 5.91 Å². The Balaban J connectivity index is 1.24. The molecule has 4 heteroatoms. The van der Waals surface area contributed by atoms with Crippen molar-refractivity contribution in [1.29, 1.82) is 0 Å². The fourth-order valence-electron chi connectivity index (χ4n) is 4.71. The first kappa shape index (κ1) is 15.0. The largest absolute Gasteiger partial charge is 0.484 e. The molecule has 2 bridgehead atoms. The maximum Gasteiger partial charge on any atom is 0.260 e. The quantitative estimate of drug-likeness (QED) is 0.855. The van der Waals surface area contributed by atoms with E-state index in [4.69, 9.17) is 4.74 Å². The summed E-state index contributed by atoms with van der Waals surface area (Å²) in [6, 6.07) is 10.4. The van der Waals surface area contributed by atoms with E-state index >= 15 is 0 Å². The molecule has 23 heavy (non-hydrogen) atoms. The normalized spacial score (nSPS) is 30.6. The van der Waals surface area contributed by atoms with Crippen LogP contribution < -0.4 is 4.74 Å². The molecule has 1 aliphatic heterocycles. The Morgan fingerprint density at radius 1 is 1.04 bits per heavy atom. The maximum atomic E-state index is 12.3. The molecule has 2 saturated carbocycles. The Morgan fingerprint density at radius 2 is 1.83 bits per heavy atom. The van der Waals surface area contributed by atoms with Crippen molar-refractivity contribution in [2.45, 2.75) is 31.7 Å². The van der Waals surface area contributed by atoms with E-state index < -0.39 is 0 Å². The van der Waals surface area contributed by atoms with Gasteiger partial charge in [0.15, 0.2) is 6.61 Å². The Labute approximate surface area is 138 Å². The Kier molecular flexibility index (Phi) is 4.25. The molecule has 1 heterocycles. The van der Waals surface area contributed by atoms with Gasteiger partial charge >= 0.3 is 0 Å². The summed E-state index contributed by atoms with van der Waals surface area (Å²) in [5.41, 5.74) is 0. The third-order valence-corrected chi connectivity index (χ3v) is 5.94. The van der Waals surface area contributed by atoms with Crippen LogP contribution in [-0.4, -0.2) is 54.5 Å². The van der Waals surface area contributed by atoms with Crippen molar-refractivity contribution in [3.63, 3.8) is 0 Å². The van der Waals surface area contributed by atoms with Crippen molar-refractivity contribution in [3.8, 4) is 5.75 Å². The number of carbonyl (C=O) groups is 1. The van der Waals surface area contributed by atoms with Gasteiger partial charge in [-0.2, -0.15) is 0 Å². The molecule has 3 atom stereocenters. The minimum Gasteiger partial charge on any atom is -0.484 e. The molecular weight excluding hydrogens is 288 g/mol. The van der Waals surface area contributed by atoms with E-state index in [9.17, 15) is 4.79 Å². The van der Waals surface area contributed by atoms with Gasteiger partial charge < -0.3 is 9.64 Å². The third kappa shape index (κ3) is 3.23. The van der Waals surface area contributed by atoms with Gasteiger partial charge in [-0.1, -0.05) is 24.6 Å². The van der Waals surface area contributed by atoms with Crippen LogP contribution in [0.2, 0.25) is 0 Å². The summed E-state index contributed by atoms with van der Waals surface area (Å²) in [5.74, 6) is 2.80. The number of hydrogen-bond donors (Lipinski definition) is 0. The van der Waals surface area contributed by atoms with Gasteiger partial charge in [-0.25, -0.2) is 0 Å². The molecule has 1 aromatic rings. The average molecular weight is 314 g/mol. The summed E-state index contributed by atoms with van der Waals surface area (Å²) in [5, 5.41) is 0. The van der Waals surface area contributed by atoms with Gasteiger partial charge in [0.1, 0.15) is 5.75 Å². The lowest BCUT2D eigenvalue weighted by Crippen LogP contribution is -2.53. The van der Waals surface area contributed by atoms with E-state index in [0.717, 1.165) is 49.8 Å². The molecule has 0 unspecified atom stereocenters. The van der Waals surface area contributed by atoms with Gasteiger partial charge in [-0.3, -0.25) is 9.69 Å². The molecule has 2 aliphatic carbocycles. The number of rotatable bonds is 4. The number of hydrogen-bond acceptors (Lipinski definition) is 3. The Bertz CT molecular complexity index is 540. The van der Waals surface area contributed by atoms with Crippen LogP contribution >= 0.6 is 0 Å². The standard InChI is InChI=1S/C19H26N2O2/c22-19(14-23-17-4-2-1-3-5-17)21-10-8-20(9-11-21)18-13-15-6-7-16(18)12-15/h1-5,15-16,18H,6-14H2/t15-,16+,18+/m0/s1. The predicted octanol–water partition coefficient (Wildman–Crippen LogP) is 2.40. The van der Waals surface area contributed by atoms with E-state index in [1.165, 1.54) is 25.7 Å². The molecule has 4 rings (SSSR count). The number of fused-ring (bicyclic) bond motifs is 2. The molecule has 0 radical (unpaired) electrons. The lowest BCUT2D eigenvalue weighted by molar-refractivity contribution is -0.135. The van der Waals surface area contributed by atoms with Gasteiger partial charge in [0, 0.05) is 32.2 Å². The molecule has 0 aromatic heterocycles. The van der Waals surface area contributed by atoms with Crippen molar-refractivity contribution in [2.24, 2.45) is 11.8 Å². The molecule has 1 amide bonds. The molecule has 4 nitrogen and oxygen atoms in total. The molecule has 3 aliphatic rings. The van der Waals surface area contributed by atoms with E-state index in [1.807, 2.05) is 35.2 Å². The number of para-hydroxylation sites is 1. The minimum atomic E-state index is 0.112. The van der Waals surface area contributed by atoms with Gasteiger partial charge in [-0.15, -0.1) is 0 Å². The van der Waals surface area contributed by atoms with E-state index in [1.54, 1.807) is 0 Å². The van der Waals surface area contributed by atoms with Crippen LogP contribution in [0.1, 0.15) is 25.7 Å². The number of amides is 1. The van der Waals surface area contributed by atoms with Gasteiger partial charge in [0.05, 0.1) is 0 Å². The van der Waals surface area contributed by atoms with Crippen LogP contribution in [0.4, 0.5) is 0 Å². The molecule has 0 spiro atoms. The first-order valence-corrected chi connectivity index (χ1v) is 8.99. The summed E-state index contributed by atoms with van der Waals surface area (Å²) in [6.07, 6.45) is 5.74. The lowest BCUT2D eigenvalue weighted by atomic mass is 9.93. The highest BCUT2D eigenvalue weighted by molar-refractivity contribution is 5.77. The number of benzene rings is 1. The third-order valence-electron chi connectivity index (χ3n) is 5.94. The smallest absolute Gasteiger partial charge is 0.260 e. The van der Waals surface area contributed by atoms with Crippen molar-refractivity contribution in [2.75, 3.05) is 32.8 Å². The molecule has 124 valence electrons. The predicted molar refractivity (Wildman–Crippen MR) is 89.3 cm³/mol. The van der Waals surface area contributed by atoms with Crippen LogP contribution in [0, 0.1) is 11.8 Å². The lowest BCUT2D eigenvalue weighted by Gasteiger charge is -2.41. The van der Waals surface area contributed by atoms with Crippen LogP contribution in [-0.2, 0) is 4.79 Å². The van der Waals surface area contributed by atoms with Crippen LogP contribution in [0.15, 0.2) is 30.3 Å². The van der Waals surface area contributed by atoms with Crippen molar-refractivity contribution in [3.05, 3.63) is 30.3 Å². The zero-order valence-corrected chi connectivity index (χ0v) is 13.7. The zero-order valence-electron chi connectivity index (χ0n) is 13.7. The molecule has 1 aromatic carbocycles. The molecule has 3 fully saturated rings. The molecule has 1 saturated heterocycles. The minimum absolute atomic E-state index is 0.112. The number of carbonyl (C=O) groups excluding carboxylic acids is 1. The summed E-state index contributed by atoms with van der Waals surface area (Å²) in [7, 11) is 0. The fourth-order valence-corrected chi connectivity index (χ4v) is 4.71. The van der Waals surface area contributed by atoms with Crippen LogP contribution in [0.25, 0.3) is 0 Å². The topological polar surface area (TPSA) is 32.8 Å². The molecule has 0 N–H and O–H groups in total. The summed E-state index contributed by atoms with van der Waals surface area (Å²) < 4.78 is 5.58. The van der Waals surface area contributed by atoms with E-state index in [2.05, 4.69) is 4.90 Å². The summed E-state index contributed by atoms with van der Waals surface area (Å²) in [4.78, 5) is 16.9. The SMILES string of the molecule is O=C(COc1ccccc1)N1CCN([C@@H]2C[C@H]3CC[C@@H]2C3)CC1. The Morgan fingerprint density at radius 3 is 2.48 bits per heavy atom. The van der Waals surface area contributed by atoms with Crippen molar-refractivity contribution in [1.82, 2.24) is 9.80 Å². The fraction of sp³-hybridized carbons (Fsp3) is 0.632. The summed E-state index contributed by atoms with van der Waals surface area (Å²) in [6.45, 7) is 3.92. The van der Waals surface area contributed by atoms with Crippen molar-refractivity contribution >= 4 is 5.91 Å². The van der Waals surface area contributed by atoms with Crippen LogP contribution in [0.3, 0.4) is 0 Å². The number of ether oxygens (including phenoxy) is 1. The summed E-state index contributed by atoms with van der Waals surface area (Å²) >= 11 is 0. The maximum absolute atomic E-state index is 12.3. The number of piperazine rings is 1. The second kappa shape index (κ2) is 6.52. The Hall–Kier alpha value is -1.55. The monoisotopic (exact) mass is 314 g/mol. The van der Waals surface area contributed by atoms with Gasteiger partial charge in [0.2, 0.25) is 0 Å². The molecular formula is C19H26N2O2.